The Labute approximate surface area is 164 Å². The van der Waals surface area contributed by atoms with Crippen molar-refractivity contribution in [2.75, 3.05) is 39.3 Å². The van der Waals surface area contributed by atoms with Crippen LogP contribution in [-0.4, -0.2) is 61.6 Å². The summed E-state index contributed by atoms with van der Waals surface area (Å²) in [7, 11) is 0. The van der Waals surface area contributed by atoms with E-state index in [4.69, 9.17) is 27.9 Å². The van der Waals surface area contributed by atoms with Gasteiger partial charge in [0, 0.05) is 10.6 Å². The number of amides is 2. The lowest BCUT2D eigenvalue weighted by atomic mass is 10.1. The second-order valence-corrected chi connectivity index (χ2v) is 8.31. The minimum absolute atomic E-state index is 0.0352. The molecule has 0 atom stereocenters. The van der Waals surface area contributed by atoms with Crippen LogP contribution in [0.2, 0.25) is 10.0 Å². The van der Waals surface area contributed by atoms with Crippen LogP contribution in [0.1, 0.15) is 20.8 Å². The van der Waals surface area contributed by atoms with Crippen LogP contribution in [0.5, 0.6) is 5.75 Å². The summed E-state index contributed by atoms with van der Waals surface area (Å²) in [5.41, 5.74) is -0.228. The van der Waals surface area contributed by atoms with Gasteiger partial charge in [-0.05, 0) is 39.0 Å². The zero-order valence-electron chi connectivity index (χ0n) is 15.4. The molecule has 1 aliphatic heterocycles. The van der Waals surface area contributed by atoms with Gasteiger partial charge in [0.2, 0.25) is 0 Å². The summed E-state index contributed by atoms with van der Waals surface area (Å²) in [5, 5.41) is 3.86. The normalized spacial score (nSPS) is 15.7. The fraction of sp³-hybridized carbons (Fsp3) is 0.556. The molecule has 8 heteroatoms. The average Bonchev–Trinajstić information content (AvgIpc) is 2.52. The zero-order chi connectivity index (χ0) is 19.3. The molecule has 6 nitrogen and oxygen atoms in total. The summed E-state index contributed by atoms with van der Waals surface area (Å²) < 4.78 is 5.50. The van der Waals surface area contributed by atoms with Crippen LogP contribution in [0.4, 0.5) is 0 Å². The van der Waals surface area contributed by atoms with E-state index in [-0.39, 0.29) is 24.0 Å². The fourth-order valence-corrected chi connectivity index (χ4v) is 3.22. The van der Waals surface area contributed by atoms with E-state index in [1.807, 2.05) is 20.8 Å². The molecule has 0 aromatic heterocycles. The highest BCUT2D eigenvalue weighted by Gasteiger charge is 2.26. The van der Waals surface area contributed by atoms with E-state index in [0.717, 1.165) is 13.1 Å². The molecule has 0 spiro atoms. The molecule has 0 aliphatic carbocycles. The number of ether oxygens (including phenoxy) is 1. The van der Waals surface area contributed by atoms with Crippen molar-refractivity contribution in [2.24, 2.45) is 0 Å². The molecule has 0 bridgehead atoms. The molecule has 1 heterocycles. The number of piperazine rings is 1. The first-order chi connectivity index (χ1) is 12.1. The maximum absolute atomic E-state index is 12.3. The van der Waals surface area contributed by atoms with E-state index in [2.05, 4.69) is 5.32 Å². The van der Waals surface area contributed by atoms with Gasteiger partial charge < -0.3 is 19.9 Å². The Bertz CT molecular complexity index is 654. The molecule has 2 N–H and O–H groups in total. The molecule has 0 saturated carbocycles. The van der Waals surface area contributed by atoms with Crippen molar-refractivity contribution in [2.45, 2.75) is 26.3 Å². The Hall–Kier alpha value is -1.50. The van der Waals surface area contributed by atoms with E-state index in [1.54, 1.807) is 23.1 Å². The van der Waals surface area contributed by atoms with Gasteiger partial charge in [-0.1, -0.05) is 23.2 Å². The number of nitrogens with one attached hydrogen (secondary N) is 2. The Kier molecular flexibility index (Phi) is 7.15. The van der Waals surface area contributed by atoms with Crippen molar-refractivity contribution in [1.29, 1.82) is 0 Å². The summed E-state index contributed by atoms with van der Waals surface area (Å²) in [6.45, 7) is 8.94. The predicted molar refractivity (Wildman–Crippen MR) is 102 cm³/mol. The molecule has 1 aromatic carbocycles. The largest absolute Gasteiger partial charge is 0.482 e. The van der Waals surface area contributed by atoms with Crippen LogP contribution >= 0.6 is 23.2 Å². The number of carbonyl (C=O) groups excluding carboxylic acids is 2. The van der Waals surface area contributed by atoms with Crippen molar-refractivity contribution >= 4 is 35.0 Å². The first kappa shape index (κ1) is 20.8. The molecule has 144 valence electrons. The number of hydrogen-bond acceptors (Lipinski definition) is 3. The van der Waals surface area contributed by atoms with Gasteiger partial charge in [-0.25, -0.2) is 0 Å². The molecule has 1 aromatic rings. The van der Waals surface area contributed by atoms with E-state index in [0.29, 0.717) is 35.4 Å². The first-order valence-corrected chi connectivity index (χ1v) is 9.40. The van der Waals surface area contributed by atoms with Gasteiger partial charge in [0.05, 0.1) is 31.2 Å². The molecule has 2 amide bonds. The molecule has 1 saturated heterocycles. The topological polar surface area (TPSA) is 63.1 Å². The maximum atomic E-state index is 12.3. The third kappa shape index (κ3) is 6.67. The fourth-order valence-electron chi connectivity index (χ4n) is 2.76. The molecule has 0 radical (unpaired) electrons. The lowest BCUT2D eigenvalue weighted by molar-refractivity contribution is -0.896. The van der Waals surface area contributed by atoms with Gasteiger partial charge in [-0.2, -0.15) is 0 Å². The minimum Gasteiger partial charge on any atom is -0.482 e. The van der Waals surface area contributed by atoms with Crippen LogP contribution in [0.25, 0.3) is 0 Å². The van der Waals surface area contributed by atoms with E-state index >= 15 is 0 Å². The summed E-state index contributed by atoms with van der Waals surface area (Å²) in [6, 6.07) is 4.89. The number of hydrogen-bond donors (Lipinski definition) is 2. The van der Waals surface area contributed by atoms with E-state index in [9.17, 15) is 9.59 Å². The van der Waals surface area contributed by atoms with Crippen LogP contribution in [0.3, 0.4) is 0 Å². The third-order valence-electron chi connectivity index (χ3n) is 3.99. The van der Waals surface area contributed by atoms with Gasteiger partial charge in [0.15, 0.2) is 13.2 Å². The molecule has 0 unspecified atom stereocenters. The van der Waals surface area contributed by atoms with Crippen LogP contribution < -0.4 is 15.0 Å². The smallest absolute Gasteiger partial charge is 0.275 e. The highest BCUT2D eigenvalue weighted by Crippen LogP contribution is 2.27. The minimum atomic E-state index is -0.228. The quantitative estimate of drug-likeness (QED) is 0.772. The van der Waals surface area contributed by atoms with Gasteiger partial charge >= 0.3 is 0 Å². The zero-order valence-corrected chi connectivity index (χ0v) is 16.9. The van der Waals surface area contributed by atoms with Crippen molar-refractivity contribution in [3.63, 3.8) is 0 Å². The Balaban J connectivity index is 1.75. The van der Waals surface area contributed by atoms with Gasteiger partial charge in [0.25, 0.3) is 11.8 Å². The second-order valence-electron chi connectivity index (χ2n) is 7.47. The lowest BCUT2D eigenvalue weighted by Crippen LogP contribution is -3.16. The maximum Gasteiger partial charge on any atom is 0.275 e. The van der Waals surface area contributed by atoms with Crippen molar-refractivity contribution in [1.82, 2.24) is 10.2 Å². The second kappa shape index (κ2) is 8.93. The van der Waals surface area contributed by atoms with Crippen LogP contribution in [0, 0.1) is 0 Å². The number of benzene rings is 1. The SMILES string of the molecule is CC(C)(C)NC(=O)C[NH+]1CCN(C(=O)COc2ccc(Cl)cc2Cl)CC1. The Morgan fingerprint density at radius 2 is 1.88 bits per heavy atom. The Morgan fingerprint density at radius 3 is 2.46 bits per heavy atom. The summed E-state index contributed by atoms with van der Waals surface area (Å²) in [4.78, 5) is 27.2. The van der Waals surface area contributed by atoms with Gasteiger partial charge in [-0.3, -0.25) is 9.59 Å². The average molecular weight is 403 g/mol. The van der Waals surface area contributed by atoms with Crippen molar-refractivity contribution in [3.05, 3.63) is 28.2 Å². The van der Waals surface area contributed by atoms with Crippen molar-refractivity contribution < 1.29 is 19.2 Å². The summed E-state index contributed by atoms with van der Waals surface area (Å²) in [5.74, 6) is 0.384. The highest BCUT2D eigenvalue weighted by atomic mass is 35.5. The number of rotatable bonds is 5. The monoisotopic (exact) mass is 402 g/mol. The van der Waals surface area contributed by atoms with E-state index in [1.165, 1.54) is 4.90 Å². The molecule has 26 heavy (non-hydrogen) atoms. The Morgan fingerprint density at radius 1 is 1.23 bits per heavy atom. The third-order valence-corrected chi connectivity index (χ3v) is 4.52. The number of quaternary nitrogens is 1. The van der Waals surface area contributed by atoms with Crippen molar-refractivity contribution in [3.8, 4) is 5.75 Å². The van der Waals surface area contributed by atoms with E-state index < -0.39 is 0 Å². The summed E-state index contributed by atoms with van der Waals surface area (Å²) in [6.07, 6.45) is 0. The van der Waals surface area contributed by atoms with Crippen LogP contribution in [-0.2, 0) is 9.59 Å². The number of carbonyl (C=O) groups is 2. The number of nitrogens with zero attached hydrogens (tertiary/aromatic N) is 1. The highest BCUT2D eigenvalue weighted by molar-refractivity contribution is 6.35. The van der Waals surface area contributed by atoms with Crippen LogP contribution in [0.15, 0.2) is 18.2 Å². The molecule has 2 rings (SSSR count). The predicted octanol–water partition coefficient (Wildman–Crippen LogP) is 1.01. The molecule has 1 aliphatic rings. The number of halogens is 2. The molecular weight excluding hydrogens is 377 g/mol. The molecular formula is C18H26Cl2N3O3+. The lowest BCUT2D eigenvalue weighted by Gasteiger charge is -2.32. The molecule has 1 fully saturated rings. The van der Waals surface area contributed by atoms with Gasteiger partial charge in [0.1, 0.15) is 5.75 Å². The van der Waals surface area contributed by atoms with Gasteiger partial charge in [-0.15, -0.1) is 0 Å². The standard InChI is InChI=1S/C18H25Cl2N3O3/c1-18(2,3)21-16(24)11-22-6-8-23(9-7-22)17(25)12-26-15-5-4-13(19)10-14(15)20/h4-5,10H,6-9,11-12H2,1-3H3,(H,21,24)/p+1. The first-order valence-electron chi connectivity index (χ1n) is 8.64. The summed E-state index contributed by atoms with van der Waals surface area (Å²) >= 11 is 11.9.